The van der Waals surface area contributed by atoms with Crippen molar-refractivity contribution in [3.63, 3.8) is 0 Å². The fourth-order valence-corrected chi connectivity index (χ4v) is 2.09. The van der Waals surface area contributed by atoms with E-state index in [1.54, 1.807) is 0 Å². The summed E-state index contributed by atoms with van der Waals surface area (Å²) in [5.41, 5.74) is 0. The van der Waals surface area contributed by atoms with Gasteiger partial charge >= 0.3 is 0 Å². The number of unbranched alkanes of at least 4 members (excludes halogenated alkanes) is 9. The molecule has 0 aromatic carbocycles. The Kier molecular flexibility index (Phi) is 16.0. The highest BCUT2D eigenvalue weighted by Crippen LogP contribution is 2.11. The summed E-state index contributed by atoms with van der Waals surface area (Å²) in [4.78, 5) is 0. The summed E-state index contributed by atoms with van der Waals surface area (Å²) < 4.78 is 0. The van der Waals surface area contributed by atoms with Crippen molar-refractivity contribution < 1.29 is 5.11 Å². The van der Waals surface area contributed by atoms with Crippen LogP contribution in [-0.4, -0.2) is 17.6 Å². The maximum atomic E-state index is 8.58. The first-order valence-electron chi connectivity index (χ1n) is 7.23. The lowest BCUT2D eigenvalue weighted by Gasteiger charge is -2.00. The third kappa shape index (κ3) is 16.0. The summed E-state index contributed by atoms with van der Waals surface area (Å²) >= 11 is 5.62. The monoisotopic (exact) mass is 260 g/mol. The van der Waals surface area contributed by atoms with E-state index in [0.717, 1.165) is 12.3 Å². The lowest BCUT2D eigenvalue weighted by Crippen LogP contribution is -1.82. The molecule has 1 nitrogen and oxygen atoms in total. The molecule has 0 aromatic rings. The Bertz CT molecular complexity index is 157. The highest BCUT2D eigenvalue weighted by molar-refractivity contribution is 6.17. The van der Waals surface area contributed by atoms with Gasteiger partial charge in [-0.25, -0.2) is 0 Å². The highest BCUT2D eigenvalue weighted by atomic mass is 35.5. The van der Waals surface area contributed by atoms with Gasteiger partial charge in [-0.1, -0.05) is 57.1 Å². The number of rotatable bonds is 13. The van der Waals surface area contributed by atoms with Crippen LogP contribution >= 0.6 is 11.6 Å². The van der Waals surface area contributed by atoms with Crippen molar-refractivity contribution in [1.82, 2.24) is 0 Å². The molecular formula is C15H29ClO. The van der Waals surface area contributed by atoms with Crippen LogP contribution in [0.15, 0.2) is 12.2 Å². The molecule has 0 radical (unpaired) electrons. The van der Waals surface area contributed by atoms with E-state index in [9.17, 15) is 0 Å². The maximum Gasteiger partial charge on any atom is 0.0465 e. The molecule has 1 N–H and O–H groups in total. The first-order valence-corrected chi connectivity index (χ1v) is 7.77. The predicted molar refractivity (Wildman–Crippen MR) is 77.7 cm³/mol. The Morgan fingerprint density at radius 1 is 0.647 bits per heavy atom. The van der Waals surface area contributed by atoms with Crippen LogP contribution in [0.3, 0.4) is 0 Å². The number of halogens is 1. The van der Waals surface area contributed by atoms with E-state index in [-0.39, 0.29) is 6.61 Å². The molecule has 2 heteroatoms. The van der Waals surface area contributed by atoms with Crippen LogP contribution in [0.25, 0.3) is 0 Å². The molecule has 0 atom stereocenters. The number of hydrogen-bond donors (Lipinski definition) is 1. The Morgan fingerprint density at radius 2 is 1.12 bits per heavy atom. The average Bonchev–Trinajstić information content (AvgIpc) is 2.35. The van der Waals surface area contributed by atoms with Gasteiger partial charge < -0.3 is 5.11 Å². The molecule has 0 unspecified atom stereocenters. The quantitative estimate of drug-likeness (QED) is 0.279. The molecule has 0 aliphatic heterocycles. The van der Waals surface area contributed by atoms with Gasteiger partial charge in [0.25, 0.3) is 0 Å². The van der Waals surface area contributed by atoms with E-state index in [1.807, 2.05) is 0 Å². The fourth-order valence-electron chi connectivity index (χ4n) is 1.90. The topological polar surface area (TPSA) is 20.2 Å². The minimum atomic E-state index is 0.278. The smallest absolute Gasteiger partial charge is 0.0465 e. The summed E-state index contributed by atoms with van der Waals surface area (Å²) in [5.74, 6) is 0.823. The molecular weight excluding hydrogens is 232 g/mol. The average molecular weight is 261 g/mol. The number of allylic oxidation sites excluding steroid dienone is 1. The van der Waals surface area contributed by atoms with E-state index < -0.39 is 0 Å². The summed E-state index contributed by atoms with van der Waals surface area (Å²) in [7, 11) is 0. The summed E-state index contributed by atoms with van der Waals surface area (Å²) in [5, 5.41) is 8.58. The van der Waals surface area contributed by atoms with Gasteiger partial charge in [-0.2, -0.15) is 0 Å². The molecule has 0 bridgehead atoms. The van der Waals surface area contributed by atoms with Crippen LogP contribution in [0.2, 0.25) is 0 Å². The molecule has 0 spiro atoms. The van der Waals surface area contributed by atoms with Crippen LogP contribution in [0.5, 0.6) is 0 Å². The SMILES string of the molecule is OCC/C=C\CCCCCCCCCCCCl. The molecule has 102 valence electrons. The van der Waals surface area contributed by atoms with Gasteiger partial charge in [-0.3, -0.25) is 0 Å². The van der Waals surface area contributed by atoms with Gasteiger partial charge in [-0.15, -0.1) is 11.6 Å². The molecule has 0 fully saturated rings. The maximum absolute atomic E-state index is 8.58. The highest BCUT2D eigenvalue weighted by Gasteiger charge is 1.91. The van der Waals surface area contributed by atoms with Crippen LogP contribution in [0.4, 0.5) is 0 Å². The summed E-state index contributed by atoms with van der Waals surface area (Å²) in [6, 6.07) is 0. The third-order valence-electron chi connectivity index (χ3n) is 2.97. The molecule has 17 heavy (non-hydrogen) atoms. The van der Waals surface area contributed by atoms with Gasteiger partial charge in [0.05, 0.1) is 0 Å². The number of alkyl halides is 1. The standard InChI is InChI=1S/C15H29ClO/c16-14-12-10-8-6-4-2-1-3-5-7-9-11-13-15-17/h9,11,17H,1-8,10,12-15H2/b11-9-. The first kappa shape index (κ1) is 17.0. The lowest BCUT2D eigenvalue weighted by atomic mass is 10.1. The summed E-state index contributed by atoms with van der Waals surface area (Å²) in [6.45, 7) is 0.278. The number of aliphatic hydroxyl groups is 1. The van der Waals surface area contributed by atoms with Crippen molar-refractivity contribution in [2.24, 2.45) is 0 Å². The molecule has 0 aliphatic rings. The van der Waals surface area contributed by atoms with Crippen LogP contribution < -0.4 is 0 Å². The molecule has 0 heterocycles. The molecule has 0 aliphatic carbocycles. The second kappa shape index (κ2) is 16.0. The van der Waals surface area contributed by atoms with Gasteiger partial charge in [0.15, 0.2) is 0 Å². The van der Waals surface area contributed by atoms with E-state index in [4.69, 9.17) is 16.7 Å². The van der Waals surface area contributed by atoms with Crippen LogP contribution in [0, 0.1) is 0 Å². The second-order valence-corrected chi connectivity index (χ2v) is 5.02. The third-order valence-corrected chi connectivity index (χ3v) is 3.23. The second-order valence-electron chi connectivity index (χ2n) is 4.64. The van der Waals surface area contributed by atoms with Crippen LogP contribution in [-0.2, 0) is 0 Å². The normalized spacial score (nSPS) is 11.4. The van der Waals surface area contributed by atoms with Crippen LogP contribution in [0.1, 0.15) is 70.6 Å². The Hall–Kier alpha value is -0.0100. The van der Waals surface area contributed by atoms with E-state index in [2.05, 4.69) is 12.2 Å². The van der Waals surface area contributed by atoms with E-state index in [0.29, 0.717) is 0 Å². The zero-order valence-electron chi connectivity index (χ0n) is 11.2. The van der Waals surface area contributed by atoms with Gasteiger partial charge in [0, 0.05) is 12.5 Å². The Balaban J connectivity index is 2.94. The van der Waals surface area contributed by atoms with Crippen molar-refractivity contribution in [3.05, 3.63) is 12.2 Å². The van der Waals surface area contributed by atoms with E-state index >= 15 is 0 Å². The van der Waals surface area contributed by atoms with Crippen molar-refractivity contribution in [2.45, 2.75) is 70.6 Å². The van der Waals surface area contributed by atoms with Crippen molar-refractivity contribution in [1.29, 1.82) is 0 Å². The molecule has 0 saturated heterocycles. The fraction of sp³-hybridized carbons (Fsp3) is 0.867. The first-order chi connectivity index (χ1) is 8.41. The zero-order valence-corrected chi connectivity index (χ0v) is 11.9. The minimum Gasteiger partial charge on any atom is -0.396 e. The molecule has 0 aromatic heterocycles. The Labute approximate surface area is 112 Å². The summed E-state index contributed by atoms with van der Waals surface area (Å²) in [6.07, 6.45) is 18.3. The van der Waals surface area contributed by atoms with Crippen molar-refractivity contribution in [2.75, 3.05) is 12.5 Å². The predicted octanol–water partition coefficient (Wildman–Crippen LogP) is 5.06. The van der Waals surface area contributed by atoms with Gasteiger partial charge in [-0.05, 0) is 25.7 Å². The number of hydrogen-bond acceptors (Lipinski definition) is 1. The molecule has 0 amide bonds. The van der Waals surface area contributed by atoms with Crippen molar-refractivity contribution in [3.8, 4) is 0 Å². The van der Waals surface area contributed by atoms with Gasteiger partial charge in [0.2, 0.25) is 0 Å². The minimum absolute atomic E-state index is 0.278. The zero-order chi connectivity index (χ0) is 12.6. The van der Waals surface area contributed by atoms with E-state index in [1.165, 1.54) is 64.2 Å². The van der Waals surface area contributed by atoms with Crippen molar-refractivity contribution >= 4 is 11.6 Å². The van der Waals surface area contributed by atoms with Gasteiger partial charge in [0.1, 0.15) is 0 Å². The Morgan fingerprint density at radius 3 is 1.65 bits per heavy atom. The lowest BCUT2D eigenvalue weighted by molar-refractivity contribution is 0.302. The number of aliphatic hydroxyl groups excluding tert-OH is 1. The largest absolute Gasteiger partial charge is 0.396 e. The molecule has 0 rings (SSSR count). The molecule has 0 saturated carbocycles.